The van der Waals surface area contributed by atoms with Gasteiger partial charge in [0, 0.05) is 24.4 Å². The Morgan fingerprint density at radius 1 is 1.25 bits per heavy atom. The van der Waals surface area contributed by atoms with E-state index in [4.69, 9.17) is 4.42 Å². The third kappa shape index (κ3) is 3.24. The molecule has 4 aromatic rings. The number of hydrogen-bond donors (Lipinski definition) is 0. The van der Waals surface area contributed by atoms with Crippen LogP contribution in [-0.2, 0) is 11.3 Å². The number of pyridine rings is 1. The zero-order valence-corrected chi connectivity index (χ0v) is 17.3. The average molecular weight is 444 g/mol. The zero-order valence-electron chi connectivity index (χ0n) is 17.3. The summed E-state index contributed by atoms with van der Waals surface area (Å²) >= 11 is 0. The fourth-order valence-electron chi connectivity index (χ4n) is 4.22. The Bertz CT molecular complexity index is 1310. The Hall–Kier alpha value is -3.63. The molecular formula is C21H19F3N6O2. The number of fused-ring (bicyclic) bond motifs is 2. The number of aryl methyl sites for hydroxylation is 2. The lowest BCUT2D eigenvalue weighted by Gasteiger charge is -2.33. The summed E-state index contributed by atoms with van der Waals surface area (Å²) in [6.07, 6.45) is -1.52. The lowest BCUT2D eigenvalue weighted by molar-refractivity contribution is -0.173. The minimum Gasteiger partial charge on any atom is -0.464 e. The van der Waals surface area contributed by atoms with Crippen LogP contribution in [-0.4, -0.2) is 43.2 Å². The molecule has 0 N–H and O–H groups in total. The molecule has 1 atom stereocenters. The molecule has 1 aliphatic heterocycles. The second-order valence-corrected chi connectivity index (χ2v) is 7.76. The molecule has 5 rings (SSSR count). The maximum absolute atomic E-state index is 13.4. The zero-order chi connectivity index (χ0) is 22.6. The smallest absolute Gasteiger partial charge is 0.410 e. The van der Waals surface area contributed by atoms with Gasteiger partial charge in [0.2, 0.25) is 5.91 Å². The van der Waals surface area contributed by atoms with Crippen molar-refractivity contribution in [3.8, 4) is 11.3 Å². The van der Waals surface area contributed by atoms with Crippen molar-refractivity contribution in [2.45, 2.75) is 39.0 Å². The molecule has 0 spiro atoms. The van der Waals surface area contributed by atoms with Gasteiger partial charge in [-0.2, -0.15) is 23.4 Å². The van der Waals surface area contributed by atoms with Crippen molar-refractivity contribution in [1.82, 2.24) is 24.5 Å². The molecule has 1 aliphatic rings. The molecule has 1 unspecified atom stereocenters. The first kappa shape index (κ1) is 20.3. The van der Waals surface area contributed by atoms with Crippen LogP contribution in [0.4, 0.5) is 19.0 Å². The van der Waals surface area contributed by atoms with Crippen LogP contribution < -0.4 is 4.90 Å². The number of carbonyl (C=O) groups is 1. The SMILES string of the molecule is Cc1cc2n(n1)C(C(F)(F)F)CCN2C(=O)Cn1nc(C)c2c(-c3ccco3)ccnc21. The maximum Gasteiger partial charge on any atom is 0.410 e. The molecule has 0 saturated carbocycles. The summed E-state index contributed by atoms with van der Waals surface area (Å²) < 4.78 is 48.2. The quantitative estimate of drug-likeness (QED) is 0.476. The molecule has 0 aliphatic carbocycles. The molecule has 0 radical (unpaired) electrons. The maximum atomic E-state index is 13.4. The third-order valence-corrected chi connectivity index (χ3v) is 5.59. The summed E-state index contributed by atoms with van der Waals surface area (Å²) in [6, 6.07) is 5.16. The van der Waals surface area contributed by atoms with Crippen LogP contribution in [0, 0.1) is 13.8 Å². The van der Waals surface area contributed by atoms with Gasteiger partial charge in [-0.15, -0.1) is 0 Å². The van der Waals surface area contributed by atoms with E-state index in [2.05, 4.69) is 15.2 Å². The van der Waals surface area contributed by atoms with Gasteiger partial charge >= 0.3 is 6.18 Å². The van der Waals surface area contributed by atoms with Crippen LogP contribution in [0.15, 0.2) is 41.1 Å². The van der Waals surface area contributed by atoms with E-state index in [0.717, 1.165) is 15.6 Å². The first-order valence-corrected chi connectivity index (χ1v) is 10.0. The van der Waals surface area contributed by atoms with Crippen molar-refractivity contribution in [3.05, 3.63) is 48.1 Å². The summed E-state index contributed by atoms with van der Waals surface area (Å²) in [5.41, 5.74) is 2.39. The highest BCUT2D eigenvalue weighted by atomic mass is 19.4. The summed E-state index contributed by atoms with van der Waals surface area (Å²) in [5.74, 6) is 0.403. The van der Waals surface area contributed by atoms with E-state index in [-0.39, 0.29) is 31.2 Å². The van der Waals surface area contributed by atoms with Gasteiger partial charge in [-0.05, 0) is 38.5 Å². The Balaban J connectivity index is 1.49. The molecule has 166 valence electrons. The predicted octanol–water partition coefficient (Wildman–Crippen LogP) is 4.04. The summed E-state index contributed by atoms with van der Waals surface area (Å²) in [4.78, 5) is 18.9. The van der Waals surface area contributed by atoms with Crippen LogP contribution in [0.2, 0.25) is 0 Å². The average Bonchev–Trinajstić information content (AvgIpc) is 3.45. The predicted molar refractivity (Wildman–Crippen MR) is 109 cm³/mol. The van der Waals surface area contributed by atoms with Crippen molar-refractivity contribution in [2.75, 3.05) is 11.4 Å². The summed E-state index contributed by atoms with van der Waals surface area (Å²) in [7, 11) is 0. The molecule has 8 nitrogen and oxygen atoms in total. The first-order valence-electron chi connectivity index (χ1n) is 10.0. The van der Waals surface area contributed by atoms with E-state index in [9.17, 15) is 18.0 Å². The first-order chi connectivity index (χ1) is 15.2. The number of alkyl halides is 3. The topological polar surface area (TPSA) is 82.0 Å². The fourth-order valence-corrected chi connectivity index (χ4v) is 4.22. The number of anilines is 1. The second-order valence-electron chi connectivity index (χ2n) is 7.76. The molecule has 0 fully saturated rings. The Labute approximate surface area is 180 Å². The van der Waals surface area contributed by atoms with Crippen molar-refractivity contribution in [2.24, 2.45) is 0 Å². The van der Waals surface area contributed by atoms with Gasteiger partial charge in [0.1, 0.15) is 18.1 Å². The van der Waals surface area contributed by atoms with Crippen molar-refractivity contribution in [3.63, 3.8) is 0 Å². The van der Waals surface area contributed by atoms with Crippen LogP contribution in [0.1, 0.15) is 23.9 Å². The van der Waals surface area contributed by atoms with Crippen molar-refractivity contribution < 1.29 is 22.4 Å². The number of rotatable bonds is 3. The lowest BCUT2D eigenvalue weighted by atomic mass is 10.1. The number of amides is 1. The van der Waals surface area contributed by atoms with Gasteiger partial charge in [0.05, 0.1) is 23.0 Å². The van der Waals surface area contributed by atoms with Gasteiger partial charge in [0.15, 0.2) is 11.7 Å². The highest BCUT2D eigenvalue weighted by Gasteiger charge is 2.46. The summed E-state index contributed by atoms with van der Waals surface area (Å²) in [5, 5.41) is 9.22. The van der Waals surface area contributed by atoms with Crippen LogP contribution in [0.25, 0.3) is 22.4 Å². The lowest BCUT2D eigenvalue weighted by Crippen LogP contribution is -2.44. The minimum atomic E-state index is -4.44. The standard InChI is InChI=1S/C21H19F3N6O2/c1-12-10-17-28(8-6-16(21(22,23)24)30(17)26-12)18(31)11-29-20-19(13(2)27-29)14(5-7-25-20)15-4-3-9-32-15/h3-5,7,9-10,16H,6,8,11H2,1-2H3. The van der Waals surface area contributed by atoms with Gasteiger partial charge in [-0.3, -0.25) is 9.69 Å². The number of furan rings is 1. The Morgan fingerprint density at radius 3 is 2.78 bits per heavy atom. The van der Waals surface area contributed by atoms with E-state index >= 15 is 0 Å². The fraction of sp³-hybridized carbons (Fsp3) is 0.333. The number of aromatic nitrogens is 5. The molecule has 1 amide bonds. The van der Waals surface area contributed by atoms with Crippen molar-refractivity contribution in [1.29, 1.82) is 0 Å². The van der Waals surface area contributed by atoms with Crippen LogP contribution >= 0.6 is 0 Å². The van der Waals surface area contributed by atoms with Crippen LogP contribution in [0.3, 0.4) is 0 Å². The monoisotopic (exact) mass is 444 g/mol. The molecule has 32 heavy (non-hydrogen) atoms. The van der Waals surface area contributed by atoms with Gasteiger partial charge in [-0.1, -0.05) is 0 Å². The van der Waals surface area contributed by atoms with Crippen molar-refractivity contribution >= 4 is 22.8 Å². The molecule has 11 heteroatoms. The van der Waals surface area contributed by atoms with Gasteiger partial charge in [-0.25, -0.2) is 14.3 Å². The molecule has 0 bridgehead atoms. The molecule has 0 saturated heterocycles. The van der Waals surface area contributed by atoms with E-state index in [1.165, 1.54) is 15.6 Å². The largest absolute Gasteiger partial charge is 0.464 e. The Kier molecular flexibility index (Phi) is 4.57. The number of carbonyl (C=O) groups excluding carboxylic acids is 1. The van der Waals surface area contributed by atoms with E-state index in [1.54, 1.807) is 25.5 Å². The van der Waals surface area contributed by atoms with Crippen LogP contribution in [0.5, 0.6) is 0 Å². The normalized spacial score (nSPS) is 16.5. The number of hydrogen-bond acceptors (Lipinski definition) is 5. The number of nitrogens with zero attached hydrogens (tertiary/aromatic N) is 6. The molecular weight excluding hydrogens is 425 g/mol. The second kappa shape index (κ2) is 7.21. The number of halogens is 3. The molecule has 5 heterocycles. The van der Waals surface area contributed by atoms with Gasteiger partial charge in [0.25, 0.3) is 0 Å². The highest BCUT2D eigenvalue weighted by molar-refractivity contribution is 5.96. The third-order valence-electron chi connectivity index (χ3n) is 5.59. The molecule has 4 aromatic heterocycles. The van der Waals surface area contributed by atoms with E-state index in [0.29, 0.717) is 22.8 Å². The Morgan fingerprint density at radius 2 is 2.06 bits per heavy atom. The molecule has 0 aromatic carbocycles. The minimum absolute atomic E-state index is 0.0581. The van der Waals surface area contributed by atoms with Gasteiger partial charge < -0.3 is 4.42 Å². The highest BCUT2D eigenvalue weighted by Crippen LogP contribution is 2.39. The summed E-state index contributed by atoms with van der Waals surface area (Å²) in [6.45, 7) is 3.19. The van der Waals surface area contributed by atoms with E-state index < -0.39 is 12.2 Å². The van der Waals surface area contributed by atoms with E-state index in [1.807, 2.05) is 19.1 Å².